The van der Waals surface area contributed by atoms with Crippen molar-refractivity contribution in [3.63, 3.8) is 0 Å². The van der Waals surface area contributed by atoms with Gasteiger partial charge in [0.05, 0.1) is 11.0 Å². The molecular formula is C43H29N3O. The molecule has 3 heterocycles. The number of para-hydroxylation sites is 2. The molecule has 0 aliphatic heterocycles. The Hall–Kier alpha value is -6.00. The van der Waals surface area contributed by atoms with Crippen LogP contribution in [0.5, 0.6) is 0 Å². The van der Waals surface area contributed by atoms with E-state index in [4.69, 9.17) is 14.4 Å². The summed E-state index contributed by atoms with van der Waals surface area (Å²) < 4.78 is 8.87. The van der Waals surface area contributed by atoms with Crippen LogP contribution in [-0.2, 0) is 5.41 Å². The predicted molar refractivity (Wildman–Crippen MR) is 192 cm³/mol. The van der Waals surface area contributed by atoms with Crippen LogP contribution >= 0.6 is 0 Å². The van der Waals surface area contributed by atoms with E-state index in [2.05, 4.69) is 122 Å². The van der Waals surface area contributed by atoms with E-state index in [0.717, 1.165) is 39.0 Å². The van der Waals surface area contributed by atoms with E-state index in [0.29, 0.717) is 11.4 Å². The van der Waals surface area contributed by atoms with E-state index < -0.39 is 0 Å². The summed E-state index contributed by atoms with van der Waals surface area (Å²) in [6, 6.07) is 49.3. The first kappa shape index (κ1) is 26.2. The number of rotatable bonds is 3. The molecule has 0 radical (unpaired) electrons. The van der Waals surface area contributed by atoms with Crippen LogP contribution in [0.15, 0.2) is 144 Å². The van der Waals surface area contributed by atoms with Gasteiger partial charge in [0.25, 0.3) is 0 Å². The maximum atomic E-state index is 6.47. The van der Waals surface area contributed by atoms with Crippen LogP contribution in [0.2, 0.25) is 0 Å². The molecule has 0 spiro atoms. The third-order valence-corrected chi connectivity index (χ3v) is 10.0. The van der Waals surface area contributed by atoms with E-state index in [1.165, 1.54) is 44.1 Å². The fraction of sp³-hybridized carbons (Fsp3) is 0.0698. The summed E-state index contributed by atoms with van der Waals surface area (Å²) in [6.07, 6.45) is 0. The number of benzene rings is 6. The SMILES string of the molecule is CC1(C)c2ccccc2-c2c1ccc1c2c2ccccc2n1-c1cccc(-c2nc(-c3ccccc3)nc3c2oc2ccccc23)c1. The first-order valence-corrected chi connectivity index (χ1v) is 16.1. The van der Waals surface area contributed by atoms with Crippen LogP contribution in [0.4, 0.5) is 0 Å². The Kier molecular flexibility index (Phi) is 5.31. The molecular weight excluding hydrogens is 574 g/mol. The van der Waals surface area contributed by atoms with Crippen LogP contribution in [0.1, 0.15) is 25.0 Å². The smallest absolute Gasteiger partial charge is 0.180 e. The van der Waals surface area contributed by atoms with Gasteiger partial charge in [-0.3, -0.25) is 0 Å². The highest BCUT2D eigenvalue weighted by Crippen LogP contribution is 2.53. The Morgan fingerprint density at radius 3 is 2.23 bits per heavy atom. The maximum absolute atomic E-state index is 6.47. The largest absolute Gasteiger partial charge is 0.452 e. The standard InChI is InChI=1S/C43H29N3O/c1-43(2)32-20-9-6-17-29(32)37-33(43)23-24-35-38(37)30-18-7-10-21-34(30)46(35)28-16-12-15-27(25-28)39-41-40(31-19-8-11-22-36(31)47-41)45-42(44-39)26-13-4-3-5-14-26/h3-25H,1-2H3. The van der Waals surface area contributed by atoms with E-state index in [-0.39, 0.29) is 5.41 Å². The summed E-state index contributed by atoms with van der Waals surface area (Å²) in [7, 11) is 0. The Labute approximate surface area is 271 Å². The van der Waals surface area contributed by atoms with Crippen molar-refractivity contribution < 1.29 is 4.42 Å². The summed E-state index contributed by atoms with van der Waals surface area (Å²) in [5.74, 6) is 0.679. The number of aromatic nitrogens is 3. The van der Waals surface area contributed by atoms with Crippen LogP contribution in [0, 0.1) is 0 Å². The van der Waals surface area contributed by atoms with Crippen molar-refractivity contribution in [2.75, 3.05) is 0 Å². The molecule has 0 amide bonds. The molecule has 0 atom stereocenters. The first-order chi connectivity index (χ1) is 23.1. The van der Waals surface area contributed by atoms with Crippen molar-refractivity contribution in [3.8, 4) is 39.5 Å². The fourth-order valence-electron chi connectivity index (χ4n) is 7.83. The van der Waals surface area contributed by atoms with Gasteiger partial charge in [0.1, 0.15) is 16.8 Å². The van der Waals surface area contributed by atoms with Gasteiger partial charge in [-0.2, -0.15) is 0 Å². The lowest BCUT2D eigenvalue weighted by molar-refractivity contribution is 0.661. The van der Waals surface area contributed by atoms with Crippen LogP contribution in [0.25, 0.3) is 83.3 Å². The number of nitrogens with zero attached hydrogens (tertiary/aromatic N) is 3. The first-order valence-electron chi connectivity index (χ1n) is 16.1. The van der Waals surface area contributed by atoms with Crippen molar-refractivity contribution >= 4 is 43.9 Å². The molecule has 0 saturated heterocycles. The summed E-state index contributed by atoms with van der Waals surface area (Å²) >= 11 is 0. The number of hydrogen-bond acceptors (Lipinski definition) is 3. The number of fused-ring (bicyclic) bond motifs is 10. The van der Waals surface area contributed by atoms with Gasteiger partial charge in [-0.05, 0) is 58.7 Å². The third-order valence-electron chi connectivity index (χ3n) is 10.0. The molecule has 0 N–H and O–H groups in total. The lowest BCUT2D eigenvalue weighted by atomic mass is 9.82. The minimum Gasteiger partial charge on any atom is -0.452 e. The molecule has 222 valence electrons. The quantitative estimate of drug-likeness (QED) is 0.202. The molecule has 47 heavy (non-hydrogen) atoms. The average Bonchev–Trinajstić information content (AvgIpc) is 3.74. The summed E-state index contributed by atoms with van der Waals surface area (Å²) in [6.45, 7) is 4.69. The minimum atomic E-state index is -0.0648. The van der Waals surface area contributed by atoms with Crippen molar-refractivity contribution in [1.29, 1.82) is 0 Å². The fourth-order valence-corrected chi connectivity index (χ4v) is 7.83. The number of furan rings is 1. The lowest BCUT2D eigenvalue weighted by Crippen LogP contribution is -2.14. The van der Waals surface area contributed by atoms with E-state index in [1.807, 2.05) is 36.4 Å². The highest BCUT2D eigenvalue weighted by molar-refractivity contribution is 6.18. The molecule has 1 aliphatic rings. The normalized spacial score (nSPS) is 13.5. The van der Waals surface area contributed by atoms with Crippen LogP contribution in [-0.4, -0.2) is 14.5 Å². The van der Waals surface area contributed by atoms with E-state index in [9.17, 15) is 0 Å². The second-order valence-electron chi connectivity index (χ2n) is 13.0. The van der Waals surface area contributed by atoms with Gasteiger partial charge in [-0.25, -0.2) is 9.97 Å². The third kappa shape index (κ3) is 3.64. The van der Waals surface area contributed by atoms with Crippen molar-refractivity contribution in [2.45, 2.75) is 19.3 Å². The zero-order valence-corrected chi connectivity index (χ0v) is 26.0. The number of hydrogen-bond donors (Lipinski definition) is 0. The molecule has 1 aliphatic carbocycles. The van der Waals surface area contributed by atoms with E-state index in [1.54, 1.807) is 0 Å². The molecule has 0 bridgehead atoms. The second-order valence-corrected chi connectivity index (χ2v) is 13.0. The second kappa shape index (κ2) is 9.51. The highest BCUT2D eigenvalue weighted by Gasteiger charge is 2.37. The molecule has 0 fully saturated rings. The monoisotopic (exact) mass is 603 g/mol. The molecule has 4 heteroatoms. The van der Waals surface area contributed by atoms with Gasteiger partial charge in [0, 0.05) is 38.4 Å². The zero-order valence-electron chi connectivity index (χ0n) is 26.0. The summed E-state index contributed by atoms with van der Waals surface area (Å²) in [4.78, 5) is 10.2. The van der Waals surface area contributed by atoms with Gasteiger partial charge < -0.3 is 8.98 Å². The van der Waals surface area contributed by atoms with Gasteiger partial charge >= 0.3 is 0 Å². The maximum Gasteiger partial charge on any atom is 0.180 e. The average molecular weight is 604 g/mol. The van der Waals surface area contributed by atoms with Gasteiger partial charge in [0.15, 0.2) is 11.4 Å². The molecule has 4 nitrogen and oxygen atoms in total. The highest BCUT2D eigenvalue weighted by atomic mass is 16.3. The molecule has 0 unspecified atom stereocenters. The van der Waals surface area contributed by atoms with Crippen molar-refractivity contribution in [1.82, 2.24) is 14.5 Å². The molecule has 3 aromatic heterocycles. The predicted octanol–water partition coefficient (Wildman–Crippen LogP) is 11.1. The molecule has 10 rings (SSSR count). The molecule has 6 aromatic carbocycles. The van der Waals surface area contributed by atoms with Crippen molar-refractivity contribution in [2.24, 2.45) is 0 Å². The van der Waals surface area contributed by atoms with Crippen molar-refractivity contribution in [3.05, 3.63) is 151 Å². The minimum absolute atomic E-state index is 0.0648. The summed E-state index contributed by atoms with van der Waals surface area (Å²) in [5, 5.41) is 3.54. The van der Waals surface area contributed by atoms with Gasteiger partial charge in [0.2, 0.25) is 0 Å². The summed E-state index contributed by atoms with van der Waals surface area (Å²) in [5.41, 5.74) is 13.9. The Morgan fingerprint density at radius 2 is 1.34 bits per heavy atom. The van der Waals surface area contributed by atoms with E-state index >= 15 is 0 Å². The lowest BCUT2D eigenvalue weighted by Gasteiger charge is -2.21. The Balaban J connectivity index is 1.25. The van der Waals surface area contributed by atoms with Gasteiger partial charge in [-0.15, -0.1) is 0 Å². The topological polar surface area (TPSA) is 43.9 Å². The molecule has 9 aromatic rings. The zero-order chi connectivity index (χ0) is 31.3. The Morgan fingerprint density at radius 1 is 0.596 bits per heavy atom. The van der Waals surface area contributed by atoms with Gasteiger partial charge in [-0.1, -0.05) is 117 Å². The van der Waals surface area contributed by atoms with Crippen LogP contribution in [0.3, 0.4) is 0 Å². The van der Waals surface area contributed by atoms with Crippen LogP contribution < -0.4 is 0 Å². The Bertz CT molecular complexity index is 2710. The molecule has 0 saturated carbocycles.